The normalized spacial score (nSPS) is 10.5. The van der Waals surface area contributed by atoms with Crippen LogP contribution in [0.3, 0.4) is 0 Å². The summed E-state index contributed by atoms with van der Waals surface area (Å²) in [5.74, 6) is -0.542. The van der Waals surface area contributed by atoms with Crippen molar-refractivity contribution in [3.63, 3.8) is 0 Å². The Morgan fingerprint density at radius 2 is 2.20 bits per heavy atom. The van der Waals surface area contributed by atoms with Crippen molar-refractivity contribution in [1.29, 1.82) is 0 Å². The van der Waals surface area contributed by atoms with Gasteiger partial charge >= 0.3 is 0 Å². The van der Waals surface area contributed by atoms with Crippen molar-refractivity contribution in [2.24, 2.45) is 5.73 Å². The van der Waals surface area contributed by atoms with Crippen LogP contribution in [0.15, 0.2) is 24.3 Å². The van der Waals surface area contributed by atoms with E-state index in [1.165, 1.54) is 0 Å². The van der Waals surface area contributed by atoms with E-state index in [1.54, 1.807) is 12.1 Å². The fraction of sp³-hybridized carbons (Fsp3) is 0.0909. The molecule has 0 radical (unpaired) electrons. The third-order valence-corrected chi connectivity index (χ3v) is 2.55. The van der Waals surface area contributed by atoms with Crippen LogP contribution < -0.4 is 5.73 Å². The Labute approximate surface area is 91.9 Å². The van der Waals surface area contributed by atoms with E-state index < -0.39 is 5.91 Å². The number of carbonyl (C=O) groups excluding carboxylic acids is 1. The van der Waals surface area contributed by atoms with Gasteiger partial charge in [0, 0.05) is 5.39 Å². The Bertz CT molecular complexity index is 552. The number of aryl methyl sites for hydroxylation is 1. The topological polar surface area (TPSA) is 56.0 Å². The number of halogens is 1. The van der Waals surface area contributed by atoms with Crippen molar-refractivity contribution >= 4 is 28.4 Å². The number of nitrogens with zero attached hydrogens (tertiary/aromatic N) is 1. The van der Waals surface area contributed by atoms with Crippen LogP contribution >= 0.6 is 11.6 Å². The Hall–Kier alpha value is -1.61. The Morgan fingerprint density at radius 3 is 2.87 bits per heavy atom. The smallest absolute Gasteiger partial charge is 0.267 e. The van der Waals surface area contributed by atoms with Crippen LogP contribution in [0, 0.1) is 6.92 Å². The minimum Gasteiger partial charge on any atom is -0.364 e. The Balaban J connectivity index is 2.85. The molecule has 0 saturated heterocycles. The van der Waals surface area contributed by atoms with E-state index in [0.717, 1.165) is 10.9 Å². The van der Waals surface area contributed by atoms with Crippen molar-refractivity contribution in [1.82, 2.24) is 4.98 Å². The maximum atomic E-state index is 11.0. The molecule has 4 heteroatoms. The highest BCUT2D eigenvalue weighted by atomic mass is 35.5. The van der Waals surface area contributed by atoms with Gasteiger partial charge in [0.25, 0.3) is 5.91 Å². The van der Waals surface area contributed by atoms with Crippen molar-refractivity contribution in [3.05, 3.63) is 40.5 Å². The van der Waals surface area contributed by atoms with Crippen LogP contribution in [0.1, 0.15) is 16.1 Å². The predicted molar refractivity (Wildman–Crippen MR) is 60.0 cm³/mol. The molecule has 0 saturated carbocycles. The summed E-state index contributed by atoms with van der Waals surface area (Å²) >= 11 is 5.99. The number of hydrogen-bond acceptors (Lipinski definition) is 2. The van der Waals surface area contributed by atoms with Crippen molar-refractivity contribution < 1.29 is 4.79 Å². The van der Waals surface area contributed by atoms with Gasteiger partial charge in [-0.2, -0.15) is 0 Å². The average Bonchev–Trinajstić information content (AvgIpc) is 2.19. The molecule has 0 atom stereocenters. The van der Waals surface area contributed by atoms with Crippen molar-refractivity contribution in [2.75, 3.05) is 0 Å². The third-order valence-electron chi connectivity index (χ3n) is 2.25. The fourth-order valence-corrected chi connectivity index (χ4v) is 1.73. The van der Waals surface area contributed by atoms with Crippen LogP contribution in [0.2, 0.25) is 5.02 Å². The highest BCUT2D eigenvalue weighted by molar-refractivity contribution is 6.35. The van der Waals surface area contributed by atoms with E-state index in [-0.39, 0.29) is 5.69 Å². The summed E-state index contributed by atoms with van der Waals surface area (Å²) in [7, 11) is 0. The van der Waals surface area contributed by atoms with Gasteiger partial charge in [-0.15, -0.1) is 0 Å². The molecule has 0 unspecified atom stereocenters. The first kappa shape index (κ1) is 9.93. The van der Waals surface area contributed by atoms with Gasteiger partial charge in [-0.05, 0) is 24.6 Å². The number of para-hydroxylation sites is 1. The van der Waals surface area contributed by atoms with Gasteiger partial charge in [0.1, 0.15) is 5.69 Å². The highest BCUT2D eigenvalue weighted by Gasteiger charge is 2.08. The molecular weight excluding hydrogens is 212 g/mol. The lowest BCUT2D eigenvalue weighted by molar-refractivity contribution is 0.0996. The molecule has 0 bridgehead atoms. The van der Waals surface area contributed by atoms with Crippen LogP contribution in [0.5, 0.6) is 0 Å². The second-order valence-electron chi connectivity index (χ2n) is 3.32. The van der Waals surface area contributed by atoms with Gasteiger partial charge in [0.2, 0.25) is 0 Å². The van der Waals surface area contributed by atoms with Crippen LogP contribution in [0.25, 0.3) is 10.9 Å². The number of carbonyl (C=O) groups is 1. The maximum absolute atomic E-state index is 11.0. The lowest BCUT2D eigenvalue weighted by Gasteiger charge is -2.05. The number of amides is 1. The number of rotatable bonds is 1. The quantitative estimate of drug-likeness (QED) is 0.802. The van der Waals surface area contributed by atoms with Crippen LogP contribution in [-0.2, 0) is 0 Å². The van der Waals surface area contributed by atoms with Crippen molar-refractivity contribution in [3.8, 4) is 0 Å². The molecular formula is C11H9ClN2O. The molecule has 2 rings (SSSR count). The molecule has 0 aliphatic carbocycles. The van der Waals surface area contributed by atoms with Gasteiger partial charge < -0.3 is 5.73 Å². The van der Waals surface area contributed by atoms with E-state index in [9.17, 15) is 4.79 Å². The largest absolute Gasteiger partial charge is 0.364 e. The zero-order valence-corrected chi connectivity index (χ0v) is 8.88. The summed E-state index contributed by atoms with van der Waals surface area (Å²) in [4.78, 5) is 15.2. The first-order valence-corrected chi connectivity index (χ1v) is 4.83. The maximum Gasteiger partial charge on any atom is 0.267 e. The second kappa shape index (κ2) is 3.51. The number of aromatic nitrogens is 1. The predicted octanol–water partition coefficient (Wildman–Crippen LogP) is 2.30. The molecule has 0 fully saturated rings. The van der Waals surface area contributed by atoms with E-state index in [4.69, 9.17) is 17.3 Å². The van der Waals surface area contributed by atoms with Gasteiger partial charge in [-0.1, -0.05) is 23.7 Å². The standard InChI is InChI=1S/C11H9ClN2O/c1-6-5-9(11(13)15)14-10-7(6)3-2-4-8(10)12/h2-5H,1H3,(H2,13,15). The summed E-state index contributed by atoms with van der Waals surface area (Å²) in [5.41, 5.74) is 6.98. The SMILES string of the molecule is Cc1cc(C(N)=O)nc2c(Cl)cccc12. The molecule has 1 aromatic carbocycles. The number of nitrogens with two attached hydrogens (primary N) is 1. The monoisotopic (exact) mass is 220 g/mol. The molecule has 1 heterocycles. The second-order valence-corrected chi connectivity index (χ2v) is 3.73. The van der Waals surface area contributed by atoms with Crippen LogP contribution in [0.4, 0.5) is 0 Å². The van der Waals surface area contributed by atoms with Crippen LogP contribution in [-0.4, -0.2) is 10.9 Å². The summed E-state index contributed by atoms with van der Waals surface area (Å²) < 4.78 is 0. The Morgan fingerprint density at radius 1 is 1.47 bits per heavy atom. The van der Waals surface area contributed by atoms with Gasteiger partial charge in [-0.25, -0.2) is 4.98 Å². The molecule has 1 amide bonds. The summed E-state index contributed by atoms with van der Waals surface area (Å²) in [6.07, 6.45) is 0. The Kier molecular flexibility index (Phi) is 2.32. The number of hydrogen-bond donors (Lipinski definition) is 1. The number of primary amides is 1. The molecule has 0 spiro atoms. The van der Waals surface area contributed by atoms with Gasteiger partial charge in [0.05, 0.1) is 10.5 Å². The first-order chi connectivity index (χ1) is 7.09. The minimum atomic E-state index is -0.542. The molecule has 3 nitrogen and oxygen atoms in total. The number of pyridine rings is 1. The number of benzene rings is 1. The van der Waals surface area contributed by atoms with E-state index in [1.807, 2.05) is 19.1 Å². The molecule has 2 N–H and O–H groups in total. The summed E-state index contributed by atoms with van der Waals surface area (Å²) in [6.45, 7) is 1.90. The molecule has 0 aliphatic rings. The zero-order chi connectivity index (χ0) is 11.0. The molecule has 2 aromatic rings. The minimum absolute atomic E-state index is 0.244. The lowest BCUT2D eigenvalue weighted by atomic mass is 10.1. The van der Waals surface area contributed by atoms with Gasteiger partial charge in [0.15, 0.2) is 0 Å². The van der Waals surface area contributed by atoms with E-state index in [2.05, 4.69) is 4.98 Å². The van der Waals surface area contributed by atoms with E-state index in [0.29, 0.717) is 10.5 Å². The molecule has 15 heavy (non-hydrogen) atoms. The van der Waals surface area contributed by atoms with Crippen molar-refractivity contribution in [2.45, 2.75) is 6.92 Å². The molecule has 0 aliphatic heterocycles. The third kappa shape index (κ3) is 1.66. The first-order valence-electron chi connectivity index (χ1n) is 4.45. The summed E-state index contributed by atoms with van der Waals surface area (Å²) in [5, 5.41) is 1.46. The molecule has 1 aromatic heterocycles. The summed E-state index contributed by atoms with van der Waals surface area (Å²) in [6, 6.07) is 7.17. The highest BCUT2D eigenvalue weighted by Crippen LogP contribution is 2.24. The molecule has 76 valence electrons. The van der Waals surface area contributed by atoms with E-state index >= 15 is 0 Å². The average molecular weight is 221 g/mol. The zero-order valence-electron chi connectivity index (χ0n) is 8.12. The van der Waals surface area contributed by atoms with Gasteiger partial charge in [-0.3, -0.25) is 4.79 Å². The lowest BCUT2D eigenvalue weighted by Crippen LogP contribution is -2.13. The number of fused-ring (bicyclic) bond motifs is 1. The fourth-order valence-electron chi connectivity index (χ4n) is 1.51.